The molecule has 0 saturated carbocycles. The minimum absolute atomic E-state index is 0.233. The number of amides is 1. The van der Waals surface area contributed by atoms with Crippen molar-refractivity contribution in [2.45, 2.75) is 13.0 Å². The van der Waals surface area contributed by atoms with Crippen LogP contribution < -0.4 is 15.4 Å². The summed E-state index contributed by atoms with van der Waals surface area (Å²) in [5.74, 6) is 0.974. The number of carbonyl (C=O) groups excluding carboxylic acids is 1. The van der Waals surface area contributed by atoms with Gasteiger partial charge in [0.1, 0.15) is 11.4 Å². The summed E-state index contributed by atoms with van der Waals surface area (Å²) in [7, 11) is 1.63. The van der Waals surface area contributed by atoms with E-state index in [9.17, 15) is 4.79 Å². The van der Waals surface area contributed by atoms with Gasteiger partial charge in [-0.3, -0.25) is 4.79 Å². The van der Waals surface area contributed by atoms with Crippen molar-refractivity contribution < 1.29 is 9.53 Å². The zero-order chi connectivity index (χ0) is 19.8. The monoisotopic (exact) mass is 396 g/mol. The topological polar surface area (TPSA) is 76.1 Å². The third kappa shape index (κ3) is 5.69. The lowest BCUT2D eigenvalue weighted by Gasteiger charge is -2.08. The van der Waals surface area contributed by atoms with Gasteiger partial charge in [-0.15, -0.1) is 0 Å². The van der Waals surface area contributed by atoms with Gasteiger partial charge < -0.3 is 15.4 Å². The van der Waals surface area contributed by atoms with Gasteiger partial charge in [0.05, 0.1) is 7.11 Å². The number of ether oxygens (including phenoxy) is 1. The van der Waals surface area contributed by atoms with Crippen molar-refractivity contribution in [3.63, 3.8) is 0 Å². The molecule has 0 atom stereocenters. The molecule has 0 aliphatic carbocycles. The lowest BCUT2D eigenvalue weighted by atomic mass is 10.1. The largest absolute Gasteiger partial charge is 0.497 e. The molecule has 0 unspecified atom stereocenters. The Morgan fingerprint density at radius 3 is 2.46 bits per heavy atom. The number of nitrogens with one attached hydrogen (secondary N) is 2. The first-order valence-corrected chi connectivity index (χ1v) is 9.24. The van der Waals surface area contributed by atoms with Crippen LogP contribution in [0.1, 0.15) is 21.6 Å². The molecular formula is C21H21ClN4O2. The van der Waals surface area contributed by atoms with Gasteiger partial charge in [-0.2, -0.15) is 0 Å². The molecule has 0 aliphatic heterocycles. The van der Waals surface area contributed by atoms with E-state index >= 15 is 0 Å². The average Bonchev–Trinajstić information content (AvgIpc) is 2.74. The number of benzene rings is 2. The molecule has 0 fully saturated rings. The highest BCUT2D eigenvalue weighted by Gasteiger charge is 2.08. The highest BCUT2D eigenvalue weighted by atomic mass is 35.5. The van der Waals surface area contributed by atoms with Crippen molar-refractivity contribution in [3.05, 3.63) is 82.6 Å². The number of nitrogens with zero attached hydrogens (tertiary/aromatic N) is 2. The van der Waals surface area contributed by atoms with E-state index in [0.29, 0.717) is 29.8 Å². The summed E-state index contributed by atoms with van der Waals surface area (Å²) in [6, 6.07) is 16.9. The molecular weight excluding hydrogens is 376 g/mol. The van der Waals surface area contributed by atoms with Crippen LogP contribution >= 0.6 is 11.6 Å². The van der Waals surface area contributed by atoms with E-state index in [2.05, 4.69) is 20.6 Å². The maximum absolute atomic E-state index is 12.3. The molecule has 0 saturated heterocycles. The Morgan fingerprint density at radius 2 is 1.75 bits per heavy atom. The molecule has 7 heteroatoms. The van der Waals surface area contributed by atoms with Crippen molar-refractivity contribution in [3.8, 4) is 5.75 Å². The SMILES string of the molecule is COc1ccc(CNc2nccc(C(=O)NCCc3ccc(Cl)cc3)n2)cc1. The fraction of sp³-hybridized carbons (Fsp3) is 0.190. The Balaban J connectivity index is 1.51. The van der Waals surface area contributed by atoms with E-state index < -0.39 is 0 Å². The van der Waals surface area contributed by atoms with Crippen molar-refractivity contribution in [1.82, 2.24) is 15.3 Å². The maximum Gasteiger partial charge on any atom is 0.270 e. The lowest BCUT2D eigenvalue weighted by Crippen LogP contribution is -2.26. The number of hydrogen-bond acceptors (Lipinski definition) is 5. The summed E-state index contributed by atoms with van der Waals surface area (Å²) in [5.41, 5.74) is 2.49. The van der Waals surface area contributed by atoms with Gasteiger partial charge >= 0.3 is 0 Å². The molecule has 144 valence electrons. The second-order valence-electron chi connectivity index (χ2n) is 6.10. The smallest absolute Gasteiger partial charge is 0.270 e. The Hall–Kier alpha value is -3.12. The first-order valence-electron chi connectivity index (χ1n) is 8.86. The first kappa shape index (κ1) is 19.6. The third-order valence-electron chi connectivity index (χ3n) is 4.11. The number of halogens is 1. The molecule has 3 aromatic rings. The molecule has 1 amide bonds. The second kappa shape index (κ2) is 9.71. The second-order valence-corrected chi connectivity index (χ2v) is 6.54. The third-order valence-corrected chi connectivity index (χ3v) is 4.36. The number of methoxy groups -OCH3 is 1. The van der Waals surface area contributed by atoms with Crippen LogP contribution in [0.15, 0.2) is 60.8 Å². The maximum atomic E-state index is 12.3. The summed E-state index contributed by atoms with van der Waals surface area (Å²) in [6.45, 7) is 1.06. The van der Waals surface area contributed by atoms with Crippen molar-refractivity contribution in [1.29, 1.82) is 0 Å². The van der Waals surface area contributed by atoms with Crippen molar-refractivity contribution in [2.24, 2.45) is 0 Å². The molecule has 6 nitrogen and oxygen atoms in total. The molecule has 0 radical (unpaired) electrons. The van der Waals surface area contributed by atoms with Crippen LogP contribution in [0.2, 0.25) is 5.02 Å². The normalized spacial score (nSPS) is 10.4. The molecule has 0 bridgehead atoms. The van der Waals surface area contributed by atoms with Gasteiger partial charge in [0.25, 0.3) is 5.91 Å². The highest BCUT2D eigenvalue weighted by molar-refractivity contribution is 6.30. The van der Waals surface area contributed by atoms with Crippen LogP contribution in [0.5, 0.6) is 5.75 Å². The quantitative estimate of drug-likeness (QED) is 0.606. The van der Waals surface area contributed by atoms with E-state index in [0.717, 1.165) is 23.3 Å². The van der Waals surface area contributed by atoms with E-state index in [-0.39, 0.29) is 5.91 Å². The van der Waals surface area contributed by atoms with E-state index in [1.807, 2.05) is 48.5 Å². The molecule has 2 N–H and O–H groups in total. The van der Waals surface area contributed by atoms with Gasteiger partial charge in [-0.25, -0.2) is 9.97 Å². The molecule has 3 rings (SSSR count). The molecule has 1 aromatic heterocycles. The average molecular weight is 397 g/mol. The van der Waals surface area contributed by atoms with Gasteiger partial charge in [-0.05, 0) is 47.9 Å². The summed E-state index contributed by atoms with van der Waals surface area (Å²) in [6.07, 6.45) is 2.29. The molecule has 2 aromatic carbocycles. The predicted octanol–water partition coefficient (Wildman–Crippen LogP) is 3.72. The Labute approximate surface area is 168 Å². The van der Waals surface area contributed by atoms with Crippen LogP contribution in [-0.2, 0) is 13.0 Å². The fourth-order valence-corrected chi connectivity index (χ4v) is 2.68. The predicted molar refractivity (Wildman–Crippen MR) is 110 cm³/mol. The van der Waals surface area contributed by atoms with Crippen molar-refractivity contribution >= 4 is 23.5 Å². The zero-order valence-electron chi connectivity index (χ0n) is 15.5. The molecule has 0 aliphatic rings. The Kier molecular flexibility index (Phi) is 6.81. The van der Waals surface area contributed by atoms with Gasteiger partial charge in [-0.1, -0.05) is 35.9 Å². The van der Waals surface area contributed by atoms with Crippen LogP contribution in [0.4, 0.5) is 5.95 Å². The van der Waals surface area contributed by atoms with E-state index in [1.165, 1.54) is 0 Å². The van der Waals surface area contributed by atoms with Crippen LogP contribution in [-0.4, -0.2) is 29.5 Å². The number of rotatable bonds is 8. The van der Waals surface area contributed by atoms with E-state index in [1.54, 1.807) is 19.4 Å². The fourth-order valence-electron chi connectivity index (χ4n) is 2.56. The van der Waals surface area contributed by atoms with Crippen LogP contribution in [0.3, 0.4) is 0 Å². The summed E-state index contributed by atoms with van der Waals surface area (Å²) in [4.78, 5) is 20.8. The minimum atomic E-state index is -0.233. The first-order chi connectivity index (χ1) is 13.6. The molecule has 0 spiro atoms. The highest BCUT2D eigenvalue weighted by Crippen LogP contribution is 2.12. The van der Waals surface area contributed by atoms with Crippen LogP contribution in [0.25, 0.3) is 0 Å². The standard InChI is InChI=1S/C21H21ClN4O2/c1-28-18-8-4-16(5-9-18)14-25-21-24-13-11-19(26-21)20(27)23-12-10-15-2-6-17(22)7-3-15/h2-9,11,13H,10,12,14H2,1H3,(H,23,27)(H,24,25,26). The number of carbonyl (C=O) groups is 1. The molecule has 1 heterocycles. The summed E-state index contributed by atoms with van der Waals surface area (Å²) >= 11 is 5.87. The summed E-state index contributed by atoms with van der Waals surface area (Å²) in [5, 5.41) is 6.69. The Morgan fingerprint density at radius 1 is 1.04 bits per heavy atom. The van der Waals surface area contributed by atoms with Crippen LogP contribution in [0, 0.1) is 0 Å². The Bertz CT molecular complexity index is 914. The van der Waals surface area contributed by atoms with E-state index in [4.69, 9.17) is 16.3 Å². The minimum Gasteiger partial charge on any atom is -0.497 e. The lowest BCUT2D eigenvalue weighted by molar-refractivity contribution is 0.0949. The number of hydrogen-bond donors (Lipinski definition) is 2. The zero-order valence-corrected chi connectivity index (χ0v) is 16.2. The van der Waals surface area contributed by atoms with Gasteiger partial charge in [0, 0.05) is 24.3 Å². The van der Waals surface area contributed by atoms with Gasteiger partial charge in [0.2, 0.25) is 5.95 Å². The number of aromatic nitrogens is 2. The number of anilines is 1. The van der Waals surface area contributed by atoms with Gasteiger partial charge in [0.15, 0.2) is 0 Å². The molecule has 28 heavy (non-hydrogen) atoms. The van der Waals surface area contributed by atoms with Crippen molar-refractivity contribution in [2.75, 3.05) is 19.0 Å². The summed E-state index contributed by atoms with van der Waals surface area (Å²) < 4.78 is 5.14.